The highest BCUT2D eigenvalue weighted by molar-refractivity contribution is 7.90. The molecule has 2 aromatic rings. The minimum atomic E-state index is -3.13. The molecule has 3 rings (SSSR count). The molecule has 1 aliphatic heterocycles. The summed E-state index contributed by atoms with van der Waals surface area (Å²) in [5.41, 5.74) is 5.24. The van der Waals surface area contributed by atoms with Gasteiger partial charge in [0.25, 0.3) is 0 Å². The first-order valence-corrected chi connectivity index (χ1v) is 10.5. The van der Waals surface area contributed by atoms with E-state index in [0.29, 0.717) is 4.90 Å². The molecule has 25 heavy (non-hydrogen) atoms. The number of anilines is 1. The van der Waals surface area contributed by atoms with Crippen molar-refractivity contribution in [1.82, 2.24) is 4.90 Å². The first-order chi connectivity index (χ1) is 11.8. The topological polar surface area (TPSA) is 40.6 Å². The smallest absolute Gasteiger partial charge is 0.175 e. The van der Waals surface area contributed by atoms with E-state index in [-0.39, 0.29) is 0 Å². The van der Waals surface area contributed by atoms with Crippen molar-refractivity contribution in [3.63, 3.8) is 0 Å². The van der Waals surface area contributed by atoms with Gasteiger partial charge in [-0.05, 0) is 54.8 Å². The summed E-state index contributed by atoms with van der Waals surface area (Å²) in [6, 6.07) is 13.9. The lowest BCUT2D eigenvalue weighted by molar-refractivity contribution is 0.319. The summed E-state index contributed by atoms with van der Waals surface area (Å²) in [7, 11) is 1.12. The van der Waals surface area contributed by atoms with E-state index in [0.717, 1.165) is 31.6 Å². The standard InChI is InChI=1S/C20H26N2O2S/c1-21(14-16-6-9-19(10-7-16)25(3,23)24)15-17-8-11-20-18(13-17)5-4-12-22(20)2/h6-11,13H,4-5,12,14-15H2,1-3H3. The Bertz CT molecular complexity index is 844. The van der Waals surface area contributed by atoms with Gasteiger partial charge in [0.15, 0.2) is 9.84 Å². The summed E-state index contributed by atoms with van der Waals surface area (Å²) in [6.07, 6.45) is 3.61. The highest BCUT2D eigenvalue weighted by Gasteiger charge is 2.14. The molecule has 0 saturated carbocycles. The zero-order chi connectivity index (χ0) is 18.0. The molecule has 0 bridgehead atoms. The molecule has 2 aromatic carbocycles. The second-order valence-corrected chi connectivity index (χ2v) is 9.09. The molecule has 134 valence electrons. The Morgan fingerprint density at radius 3 is 2.36 bits per heavy atom. The van der Waals surface area contributed by atoms with Gasteiger partial charge < -0.3 is 4.90 Å². The number of nitrogens with zero attached hydrogens (tertiary/aromatic N) is 2. The summed E-state index contributed by atoms with van der Waals surface area (Å²) in [6.45, 7) is 2.81. The molecular formula is C20H26N2O2S. The van der Waals surface area contributed by atoms with Crippen molar-refractivity contribution in [3.05, 3.63) is 59.2 Å². The average Bonchev–Trinajstić information content (AvgIpc) is 2.54. The fraction of sp³-hybridized carbons (Fsp3) is 0.400. The van der Waals surface area contributed by atoms with Gasteiger partial charge in [-0.2, -0.15) is 0 Å². The summed E-state index contributed by atoms with van der Waals surface area (Å²) in [5, 5.41) is 0. The van der Waals surface area contributed by atoms with Crippen LogP contribution in [0.5, 0.6) is 0 Å². The fourth-order valence-corrected chi connectivity index (χ4v) is 4.09. The molecule has 1 heterocycles. The van der Waals surface area contributed by atoms with Gasteiger partial charge in [0.05, 0.1) is 4.90 Å². The maximum atomic E-state index is 11.5. The van der Waals surface area contributed by atoms with Crippen LogP contribution in [0.25, 0.3) is 0 Å². The van der Waals surface area contributed by atoms with E-state index >= 15 is 0 Å². The largest absolute Gasteiger partial charge is 0.374 e. The molecule has 0 saturated heterocycles. The fourth-order valence-electron chi connectivity index (χ4n) is 3.46. The maximum Gasteiger partial charge on any atom is 0.175 e. The summed E-state index contributed by atoms with van der Waals surface area (Å²) >= 11 is 0. The number of aryl methyl sites for hydroxylation is 1. The van der Waals surface area contributed by atoms with Gasteiger partial charge in [-0.3, -0.25) is 4.90 Å². The van der Waals surface area contributed by atoms with Crippen LogP contribution < -0.4 is 4.90 Å². The van der Waals surface area contributed by atoms with E-state index in [1.807, 2.05) is 12.1 Å². The molecule has 5 heteroatoms. The lowest BCUT2D eigenvalue weighted by Gasteiger charge is -2.28. The monoisotopic (exact) mass is 358 g/mol. The van der Waals surface area contributed by atoms with Crippen LogP contribution in [0.3, 0.4) is 0 Å². The van der Waals surface area contributed by atoms with E-state index < -0.39 is 9.84 Å². The zero-order valence-corrected chi connectivity index (χ0v) is 16.0. The highest BCUT2D eigenvalue weighted by Crippen LogP contribution is 2.27. The molecule has 0 N–H and O–H groups in total. The third-order valence-electron chi connectivity index (χ3n) is 4.75. The predicted octanol–water partition coefficient (Wildman–Crippen LogP) is 3.10. The third kappa shape index (κ3) is 4.41. The number of hydrogen-bond donors (Lipinski definition) is 0. The lowest BCUT2D eigenvalue weighted by Crippen LogP contribution is -2.25. The zero-order valence-electron chi connectivity index (χ0n) is 15.2. The van der Waals surface area contributed by atoms with Crippen molar-refractivity contribution in [1.29, 1.82) is 0 Å². The quantitative estimate of drug-likeness (QED) is 0.823. The van der Waals surface area contributed by atoms with Crippen molar-refractivity contribution in [2.45, 2.75) is 30.8 Å². The number of rotatable bonds is 5. The Balaban J connectivity index is 1.65. The van der Waals surface area contributed by atoms with Crippen LogP contribution in [0.4, 0.5) is 5.69 Å². The van der Waals surface area contributed by atoms with Crippen LogP contribution in [0.1, 0.15) is 23.1 Å². The molecule has 0 unspecified atom stereocenters. The average molecular weight is 359 g/mol. The normalized spacial score (nSPS) is 14.6. The van der Waals surface area contributed by atoms with Crippen LogP contribution in [0, 0.1) is 0 Å². The van der Waals surface area contributed by atoms with Gasteiger partial charge in [0, 0.05) is 38.6 Å². The Kier molecular flexibility index (Phi) is 5.16. The highest BCUT2D eigenvalue weighted by atomic mass is 32.2. The van der Waals surface area contributed by atoms with Crippen molar-refractivity contribution >= 4 is 15.5 Å². The Morgan fingerprint density at radius 1 is 1.04 bits per heavy atom. The maximum absolute atomic E-state index is 11.5. The molecule has 1 aliphatic rings. The molecule has 0 aliphatic carbocycles. The number of fused-ring (bicyclic) bond motifs is 1. The van der Waals surface area contributed by atoms with Gasteiger partial charge in [0.2, 0.25) is 0 Å². The molecule has 0 atom stereocenters. The number of hydrogen-bond acceptors (Lipinski definition) is 4. The molecule has 4 nitrogen and oxygen atoms in total. The van der Waals surface area contributed by atoms with Gasteiger partial charge in [-0.1, -0.05) is 24.3 Å². The first kappa shape index (κ1) is 18.0. The second-order valence-electron chi connectivity index (χ2n) is 7.08. The van der Waals surface area contributed by atoms with Crippen LogP contribution in [-0.2, 0) is 29.3 Å². The molecule has 0 spiro atoms. The van der Waals surface area contributed by atoms with E-state index in [9.17, 15) is 8.42 Å². The molecule has 0 amide bonds. The van der Waals surface area contributed by atoms with Gasteiger partial charge >= 0.3 is 0 Å². The van der Waals surface area contributed by atoms with Crippen LogP contribution in [0.15, 0.2) is 47.4 Å². The summed E-state index contributed by atoms with van der Waals surface area (Å²) in [4.78, 5) is 4.96. The second kappa shape index (κ2) is 7.18. The van der Waals surface area contributed by atoms with Gasteiger partial charge in [-0.15, -0.1) is 0 Å². The van der Waals surface area contributed by atoms with E-state index in [4.69, 9.17) is 0 Å². The van der Waals surface area contributed by atoms with Gasteiger partial charge in [0.1, 0.15) is 0 Å². The van der Waals surface area contributed by atoms with Gasteiger partial charge in [-0.25, -0.2) is 8.42 Å². The van der Waals surface area contributed by atoms with E-state index in [1.54, 1.807) is 12.1 Å². The Morgan fingerprint density at radius 2 is 1.68 bits per heavy atom. The predicted molar refractivity (Wildman–Crippen MR) is 103 cm³/mol. The Labute approximate surface area is 151 Å². The number of sulfone groups is 1. The third-order valence-corrected chi connectivity index (χ3v) is 5.88. The summed E-state index contributed by atoms with van der Waals surface area (Å²) < 4.78 is 23.1. The van der Waals surface area contributed by atoms with E-state index in [1.165, 1.54) is 29.5 Å². The summed E-state index contributed by atoms with van der Waals surface area (Å²) in [5.74, 6) is 0. The lowest BCUT2D eigenvalue weighted by atomic mass is 9.99. The van der Waals surface area contributed by atoms with Crippen LogP contribution in [-0.4, -0.2) is 40.2 Å². The molecular weight excluding hydrogens is 332 g/mol. The molecule has 0 radical (unpaired) electrons. The van der Waals surface area contributed by atoms with Crippen LogP contribution >= 0.6 is 0 Å². The van der Waals surface area contributed by atoms with Crippen molar-refractivity contribution in [3.8, 4) is 0 Å². The van der Waals surface area contributed by atoms with Crippen molar-refractivity contribution in [2.75, 3.05) is 31.8 Å². The Hall–Kier alpha value is -1.85. The van der Waals surface area contributed by atoms with Crippen LogP contribution in [0.2, 0.25) is 0 Å². The minimum Gasteiger partial charge on any atom is -0.374 e. The van der Waals surface area contributed by atoms with Crippen molar-refractivity contribution < 1.29 is 8.42 Å². The number of benzene rings is 2. The minimum absolute atomic E-state index is 0.373. The molecule has 0 aromatic heterocycles. The molecule has 0 fully saturated rings. The SMILES string of the molecule is CN(Cc1ccc(S(C)(=O)=O)cc1)Cc1ccc2c(c1)CCCN2C. The van der Waals surface area contributed by atoms with Crippen molar-refractivity contribution in [2.24, 2.45) is 0 Å². The first-order valence-electron chi connectivity index (χ1n) is 8.63. The van der Waals surface area contributed by atoms with E-state index in [2.05, 4.69) is 42.1 Å².